The third-order valence-corrected chi connectivity index (χ3v) is 6.97. The third-order valence-electron chi connectivity index (χ3n) is 6.02. The van der Waals surface area contributed by atoms with Gasteiger partial charge in [0.15, 0.2) is 16.7 Å². The molecule has 4 aromatic rings. The molecule has 1 aromatic heterocycles. The van der Waals surface area contributed by atoms with Gasteiger partial charge < -0.3 is 14.8 Å². The number of nitrogens with zero attached hydrogens (tertiary/aromatic N) is 2. The molecule has 0 aliphatic heterocycles. The number of anilines is 1. The monoisotopic (exact) mass is 523 g/mol. The number of ether oxygens (including phenoxy) is 2. The average Bonchev–Trinajstić information content (AvgIpc) is 3.33. The van der Waals surface area contributed by atoms with E-state index in [0.29, 0.717) is 28.0 Å². The smallest absolute Gasteiger partial charge is 0.234 e. The maximum absolute atomic E-state index is 13.7. The molecule has 4 rings (SSSR count). The van der Waals surface area contributed by atoms with Crippen LogP contribution in [0.5, 0.6) is 11.5 Å². The molecule has 3 aromatic carbocycles. The van der Waals surface area contributed by atoms with E-state index in [-0.39, 0.29) is 23.3 Å². The number of carbonyl (C=O) groups is 1. The van der Waals surface area contributed by atoms with Crippen LogP contribution in [0.25, 0.3) is 5.69 Å². The van der Waals surface area contributed by atoms with E-state index in [4.69, 9.17) is 9.47 Å². The fourth-order valence-corrected chi connectivity index (χ4v) is 4.74. The van der Waals surface area contributed by atoms with Crippen LogP contribution in [0.1, 0.15) is 25.1 Å². The van der Waals surface area contributed by atoms with Crippen molar-refractivity contribution in [1.82, 2.24) is 9.55 Å². The van der Waals surface area contributed by atoms with Crippen molar-refractivity contribution in [3.8, 4) is 17.2 Å². The number of methoxy groups -OCH3 is 2. The van der Waals surface area contributed by atoms with E-state index in [0.717, 1.165) is 11.3 Å². The van der Waals surface area contributed by atoms with Crippen LogP contribution in [0.15, 0.2) is 78.1 Å². The van der Waals surface area contributed by atoms with E-state index in [1.165, 1.54) is 48.2 Å². The fourth-order valence-electron chi connectivity index (χ4n) is 3.95. The Morgan fingerprint density at radius 1 is 0.946 bits per heavy atom. The van der Waals surface area contributed by atoms with Gasteiger partial charge in [0, 0.05) is 16.8 Å². The zero-order valence-corrected chi connectivity index (χ0v) is 21.7. The van der Waals surface area contributed by atoms with Gasteiger partial charge in [-0.25, -0.2) is 13.8 Å². The van der Waals surface area contributed by atoms with Gasteiger partial charge in [0.25, 0.3) is 0 Å². The maximum atomic E-state index is 13.7. The van der Waals surface area contributed by atoms with Crippen LogP contribution in [0, 0.1) is 11.6 Å². The van der Waals surface area contributed by atoms with E-state index in [1.54, 1.807) is 32.5 Å². The van der Waals surface area contributed by atoms with Gasteiger partial charge in [-0.15, -0.1) is 0 Å². The van der Waals surface area contributed by atoms with Crippen LogP contribution in [-0.4, -0.2) is 35.4 Å². The van der Waals surface area contributed by atoms with Crippen LogP contribution in [0.3, 0.4) is 0 Å². The average molecular weight is 524 g/mol. The number of benzene rings is 3. The summed E-state index contributed by atoms with van der Waals surface area (Å²) in [7, 11) is 3.17. The van der Waals surface area contributed by atoms with E-state index in [1.807, 2.05) is 22.8 Å². The second kappa shape index (κ2) is 11.0. The van der Waals surface area contributed by atoms with Gasteiger partial charge in [0.2, 0.25) is 5.91 Å². The molecule has 0 radical (unpaired) electrons. The lowest BCUT2D eigenvalue weighted by Gasteiger charge is -2.28. The molecule has 192 valence electrons. The number of halogens is 2. The first-order valence-corrected chi connectivity index (χ1v) is 12.5. The first-order valence-electron chi connectivity index (χ1n) is 11.5. The van der Waals surface area contributed by atoms with Gasteiger partial charge in [-0.3, -0.25) is 9.36 Å². The molecule has 0 saturated carbocycles. The molecule has 0 bridgehead atoms. The Morgan fingerprint density at radius 2 is 1.57 bits per heavy atom. The van der Waals surface area contributed by atoms with Crippen molar-refractivity contribution >= 4 is 23.4 Å². The van der Waals surface area contributed by atoms with E-state index < -0.39 is 5.41 Å². The zero-order chi connectivity index (χ0) is 26.6. The molecular weight excluding hydrogens is 496 g/mol. The lowest BCUT2D eigenvalue weighted by molar-refractivity contribution is -0.113. The van der Waals surface area contributed by atoms with Gasteiger partial charge in [0.05, 0.1) is 31.9 Å². The summed E-state index contributed by atoms with van der Waals surface area (Å²) in [6, 6.07) is 17.4. The summed E-state index contributed by atoms with van der Waals surface area (Å²) in [6.45, 7) is 4.11. The molecule has 1 amide bonds. The van der Waals surface area contributed by atoms with E-state index >= 15 is 0 Å². The number of carbonyl (C=O) groups excluding carboxylic acids is 1. The van der Waals surface area contributed by atoms with Crippen molar-refractivity contribution in [3.63, 3.8) is 0 Å². The highest BCUT2D eigenvalue weighted by Gasteiger charge is 2.30. The van der Waals surface area contributed by atoms with Gasteiger partial charge >= 0.3 is 0 Å². The number of hydrogen-bond donors (Lipinski definition) is 1. The summed E-state index contributed by atoms with van der Waals surface area (Å²) in [5.41, 5.74) is 2.47. The number of imidazole rings is 1. The first-order chi connectivity index (χ1) is 17.7. The van der Waals surface area contributed by atoms with Crippen molar-refractivity contribution in [2.45, 2.75) is 24.4 Å². The maximum Gasteiger partial charge on any atom is 0.234 e. The number of thioether (sulfide) groups is 1. The largest absolute Gasteiger partial charge is 0.493 e. The summed E-state index contributed by atoms with van der Waals surface area (Å²) >= 11 is 1.25. The second-order valence-electron chi connectivity index (χ2n) is 8.78. The van der Waals surface area contributed by atoms with Crippen LogP contribution < -0.4 is 14.8 Å². The minimum Gasteiger partial charge on any atom is -0.493 e. The number of aromatic nitrogens is 2. The second-order valence-corrected chi connectivity index (χ2v) is 9.72. The standard InChI is InChI=1S/C28H27F2N3O3S/c1-28(2,18-5-14-23(35-3)24(15-18)36-4)25-16-31-27(33(25)22-12-8-20(30)9-13-22)37-17-26(34)32-21-10-6-19(29)7-11-21/h5-16H,17H2,1-4H3,(H,32,34). The molecule has 0 spiro atoms. The summed E-state index contributed by atoms with van der Waals surface area (Å²) in [5, 5.41) is 3.33. The minimum absolute atomic E-state index is 0.0752. The minimum atomic E-state index is -0.546. The molecule has 0 atom stereocenters. The lowest BCUT2D eigenvalue weighted by atomic mass is 9.81. The molecule has 0 aliphatic rings. The topological polar surface area (TPSA) is 65.4 Å². The van der Waals surface area contributed by atoms with Gasteiger partial charge in [-0.2, -0.15) is 0 Å². The highest BCUT2D eigenvalue weighted by atomic mass is 32.2. The van der Waals surface area contributed by atoms with Crippen molar-refractivity contribution in [3.05, 3.63) is 95.8 Å². The SMILES string of the molecule is COc1ccc(C(C)(C)c2cnc(SCC(=O)Nc3ccc(F)cc3)n2-c2ccc(F)cc2)cc1OC. The number of amides is 1. The summed E-state index contributed by atoms with van der Waals surface area (Å²) in [4.78, 5) is 17.2. The van der Waals surface area contributed by atoms with Crippen molar-refractivity contribution < 1.29 is 23.0 Å². The summed E-state index contributed by atoms with van der Waals surface area (Å²) in [6.07, 6.45) is 1.76. The molecule has 0 unspecified atom stereocenters. The fraction of sp³-hybridized carbons (Fsp3) is 0.214. The normalized spacial score (nSPS) is 11.3. The predicted octanol–water partition coefficient (Wildman–Crippen LogP) is 6.22. The molecule has 1 N–H and O–H groups in total. The number of nitrogens with one attached hydrogen (secondary N) is 1. The van der Waals surface area contributed by atoms with Gasteiger partial charge in [-0.1, -0.05) is 31.7 Å². The summed E-state index contributed by atoms with van der Waals surface area (Å²) < 4.78 is 39.7. The van der Waals surface area contributed by atoms with Crippen LogP contribution in [0.4, 0.5) is 14.5 Å². The third kappa shape index (κ3) is 5.77. The predicted molar refractivity (Wildman–Crippen MR) is 141 cm³/mol. The highest BCUT2D eigenvalue weighted by Crippen LogP contribution is 2.39. The Kier molecular flexibility index (Phi) is 7.83. The Bertz CT molecular complexity index is 1390. The van der Waals surface area contributed by atoms with Crippen LogP contribution >= 0.6 is 11.8 Å². The van der Waals surface area contributed by atoms with Gasteiger partial charge in [0.1, 0.15) is 11.6 Å². The highest BCUT2D eigenvalue weighted by molar-refractivity contribution is 7.99. The van der Waals surface area contributed by atoms with E-state index in [9.17, 15) is 13.6 Å². The number of rotatable bonds is 9. The molecule has 0 saturated heterocycles. The lowest BCUT2D eigenvalue weighted by Crippen LogP contribution is -2.23. The first kappa shape index (κ1) is 26.2. The Morgan fingerprint density at radius 3 is 2.19 bits per heavy atom. The Hall–Kier alpha value is -3.85. The van der Waals surface area contributed by atoms with E-state index in [2.05, 4.69) is 24.1 Å². The molecular formula is C28H27F2N3O3S. The Balaban J connectivity index is 1.67. The van der Waals surface area contributed by atoms with Crippen molar-refractivity contribution in [2.75, 3.05) is 25.3 Å². The molecule has 9 heteroatoms. The van der Waals surface area contributed by atoms with Crippen molar-refractivity contribution in [2.24, 2.45) is 0 Å². The molecule has 0 aliphatic carbocycles. The molecule has 0 fully saturated rings. The van der Waals surface area contributed by atoms with Crippen molar-refractivity contribution in [1.29, 1.82) is 0 Å². The Labute approximate surface area is 218 Å². The molecule has 6 nitrogen and oxygen atoms in total. The van der Waals surface area contributed by atoms with Crippen LogP contribution in [0.2, 0.25) is 0 Å². The zero-order valence-electron chi connectivity index (χ0n) is 20.9. The van der Waals surface area contributed by atoms with Crippen LogP contribution in [-0.2, 0) is 10.2 Å². The summed E-state index contributed by atoms with van der Waals surface area (Å²) in [5.74, 6) is 0.318. The molecule has 1 heterocycles. The molecule has 37 heavy (non-hydrogen) atoms. The number of hydrogen-bond acceptors (Lipinski definition) is 5. The quantitative estimate of drug-likeness (QED) is 0.264. The van der Waals surface area contributed by atoms with Gasteiger partial charge in [-0.05, 0) is 66.2 Å².